The molecule has 29 heavy (non-hydrogen) atoms. The first-order valence-electron chi connectivity index (χ1n) is 9.67. The minimum Gasteiger partial charge on any atom is -0.453 e. The lowest BCUT2D eigenvalue weighted by Crippen LogP contribution is -2.46. The van der Waals surface area contributed by atoms with E-state index >= 15 is 0 Å². The molecule has 1 aliphatic carbocycles. The number of aromatic amines is 1. The number of hydrogen-bond donors (Lipinski definition) is 2. The number of aromatic nitrogens is 1. The van der Waals surface area contributed by atoms with Gasteiger partial charge >= 0.3 is 12.0 Å². The molecule has 152 valence electrons. The van der Waals surface area contributed by atoms with Gasteiger partial charge in [0.05, 0.1) is 0 Å². The van der Waals surface area contributed by atoms with E-state index in [-0.39, 0.29) is 11.7 Å². The van der Waals surface area contributed by atoms with Crippen LogP contribution in [-0.4, -0.2) is 51.8 Å². The summed E-state index contributed by atoms with van der Waals surface area (Å²) in [6.45, 7) is 4.44. The normalized spacial score (nSPS) is 22.7. The van der Waals surface area contributed by atoms with E-state index in [4.69, 9.17) is 4.74 Å². The molecule has 2 aliphatic rings. The van der Waals surface area contributed by atoms with Crippen LogP contribution >= 0.6 is 0 Å². The number of Topliss-reactive ketones (excluding diaryl/α,β-unsaturated/α-hetero) is 1. The summed E-state index contributed by atoms with van der Waals surface area (Å²) in [5.41, 5.74) is 1.02. The minimum atomic E-state index is -1.05. The summed E-state index contributed by atoms with van der Waals surface area (Å²) in [4.78, 5) is 54.1. The van der Waals surface area contributed by atoms with Crippen LogP contribution in [0.2, 0.25) is 0 Å². The number of hydrogen-bond acceptors (Lipinski definition) is 5. The summed E-state index contributed by atoms with van der Waals surface area (Å²) in [7, 11) is 0. The van der Waals surface area contributed by atoms with Crippen LogP contribution in [0.4, 0.5) is 4.79 Å². The number of urea groups is 1. The SMILES string of the molecule is Cc1[nH]c2ccccc2c1C(=O)[C@H](C)OC(=O)CN1C(=O)N[C@@](C)(C2CC2)C1=O. The number of rotatable bonds is 6. The number of fused-ring (bicyclic) bond motifs is 1. The summed E-state index contributed by atoms with van der Waals surface area (Å²) in [6.07, 6.45) is 0.697. The lowest BCUT2D eigenvalue weighted by Gasteiger charge is -2.21. The largest absolute Gasteiger partial charge is 0.453 e. The molecule has 0 unspecified atom stereocenters. The second kappa shape index (κ2) is 6.72. The number of para-hydroxylation sites is 1. The molecule has 4 rings (SSSR count). The zero-order valence-corrected chi connectivity index (χ0v) is 16.6. The Morgan fingerprint density at radius 1 is 1.28 bits per heavy atom. The average molecular weight is 397 g/mol. The van der Waals surface area contributed by atoms with Gasteiger partial charge in [-0.15, -0.1) is 0 Å². The number of ether oxygens (including phenoxy) is 1. The van der Waals surface area contributed by atoms with Crippen LogP contribution in [0.25, 0.3) is 10.9 Å². The van der Waals surface area contributed by atoms with Gasteiger partial charge in [-0.2, -0.15) is 0 Å². The standard InChI is InChI=1S/C21H23N3O5/c1-11-17(14-6-4-5-7-15(14)22-11)18(26)12(2)29-16(25)10-24-19(27)21(3,13-8-9-13)23-20(24)28/h4-7,12-13,22H,8-10H2,1-3H3,(H,23,28)/t12-,21-/m0/s1. The Balaban J connectivity index is 1.44. The van der Waals surface area contributed by atoms with Crippen molar-refractivity contribution in [3.8, 4) is 0 Å². The number of imide groups is 1. The number of carbonyl (C=O) groups is 4. The molecule has 8 heteroatoms. The zero-order chi connectivity index (χ0) is 20.9. The highest BCUT2D eigenvalue weighted by atomic mass is 16.5. The molecule has 2 fully saturated rings. The molecule has 1 saturated heterocycles. The molecular weight excluding hydrogens is 374 g/mol. The van der Waals surface area contributed by atoms with E-state index in [1.54, 1.807) is 13.8 Å². The first-order valence-corrected chi connectivity index (χ1v) is 9.67. The van der Waals surface area contributed by atoms with Crippen LogP contribution in [0, 0.1) is 12.8 Å². The van der Waals surface area contributed by atoms with Crippen molar-refractivity contribution < 1.29 is 23.9 Å². The quantitative estimate of drug-likeness (QED) is 0.442. The third-order valence-electron chi connectivity index (χ3n) is 5.80. The maximum atomic E-state index is 12.9. The summed E-state index contributed by atoms with van der Waals surface area (Å²) >= 11 is 0. The molecule has 1 saturated carbocycles. The zero-order valence-electron chi connectivity index (χ0n) is 16.6. The van der Waals surface area contributed by atoms with Crippen LogP contribution in [0.15, 0.2) is 24.3 Å². The Hall–Kier alpha value is -3.16. The lowest BCUT2D eigenvalue weighted by molar-refractivity contribution is -0.150. The van der Waals surface area contributed by atoms with Crippen molar-refractivity contribution in [3.63, 3.8) is 0 Å². The number of nitrogens with zero attached hydrogens (tertiary/aromatic N) is 1. The van der Waals surface area contributed by atoms with Crippen LogP contribution < -0.4 is 5.32 Å². The highest BCUT2D eigenvalue weighted by Crippen LogP contribution is 2.42. The van der Waals surface area contributed by atoms with Gasteiger partial charge in [-0.1, -0.05) is 18.2 Å². The van der Waals surface area contributed by atoms with Crippen molar-refractivity contribution >= 4 is 34.6 Å². The second-order valence-electron chi connectivity index (χ2n) is 7.96. The van der Waals surface area contributed by atoms with E-state index in [2.05, 4.69) is 10.3 Å². The molecule has 2 N–H and O–H groups in total. The highest BCUT2D eigenvalue weighted by molar-refractivity contribution is 6.12. The Morgan fingerprint density at radius 3 is 2.66 bits per heavy atom. The Morgan fingerprint density at radius 2 is 1.97 bits per heavy atom. The predicted octanol–water partition coefficient (Wildman–Crippen LogP) is 2.31. The number of amides is 3. The number of nitrogens with one attached hydrogen (secondary N) is 2. The lowest BCUT2D eigenvalue weighted by atomic mass is 9.96. The molecule has 2 heterocycles. The second-order valence-corrected chi connectivity index (χ2v) is 7.96. The molecule has 0 radical (unpaired) electrons. The molecule has 8 nitrogen and oxygen atoms in total. The molecule has 3 amide bonds. The van der Waals surface area contributed by atoms with Crippen LogP contribution in [0.5, 0.6) is 0 Å². The van der Waals surface area contributed by atoms with Gasteiger partial charge in [0.15, 0.2) is 6.10 Å². The number of benzene rings is 1. The number of ketones is 1. The highest BCUT2D eigenvalue weighted by Gasteiger charge is 2.56. The topological polar surface area (TPSA) is 109 Å². The minimum absolute atomic E-state index is 0.102. The van der Waals surface area contributed by atoms with Crippen LogP contribution in [0.3, 0.4) is 0 Å². The summed E-state index contributed by atoms with van der Waals surface area (Å²) in [6, 6.07) is 6.78. The molecular formula is C21H23N3O5. The molecule has 2 atom stereocenters. The van der Waals surface area contributed by atoms with Gasteiger partial charge in [-0.05, 0) is 45.6 Å². The molecule has 1 aliphatic heterocycles. The summed E-state index contributed by atoms with van der Waals surface area (Å²) < 4.78 is 5.27. The van der Waals surface area contributed by atoms with Gasteiger partial charge in [0, 0.05) is 22.2 Å². The van der Waals surface area contributed by atoms with Gasteiger partial charge in [0.2, 0.25) is 5.78 Å². The third-order valence-corrected chi connectivity index (χ3v) is 5.80. The van der Waals surface area contributed by atoms with Crippen molar-refractivity contribution in [2.45, 2.75) is 45.3 Å². The maximum Gasteiger partial charge on any atom is 0.326 e. The van der Waals surface area contributed by atoms with E-state index in [0.29, 0.717) is 11.3 Å². The van der Waals surface area contributed by atoms with Crippen molar-refractivity contribution in [2.24, 2.45) is 5.92 Å². The van der Waals surface area contributed by atoms with Gasteiger partial charge < -0.3 is 15.0 Å². The van der Waals surface area contributed by atoms with E-state index in [0.717, 1.165) is 28.6 Å². The molecule has 2 aromatic rings. The molecule has 1 aromatic carbocycles. The fourth-order valence-corrected chi connectivity index (χ4v) is 4.01. The first kappa shape index (κ1) is 19.2. The number of aryl methyl sites for hydroxylation is 1. The summed E-state index contributed by atoms with van der Waals surface area (Å²) in [5.74, 6) is -1.46. The molecule has 0 spiro atoms. The average Bonchev–Trinajstić information content (AvgIpc) is 3.44. The van der Waals surface area contributed by atoms with Gasteiger partial charge in [0.25, 0.3) is 5.91 Å². The van der Waals surface area contributed by atoms with Gasteiger partial charge in [-0.25, -0.2) is 4.79 Å². The number of carbonyl (C=O) groups excluding carboxylic acids is 4. The van der Waals surface area contributed by atoms with Crippen LogP contribution in [0.1, 0.15) is 42.7 Å². The van der Waals surface area contributed by atoms with E-state index < -0.39 is 36.1 Å². The monoisotopic (exact) mass is 397 g/mol. The maximum absolute atomic E-state index is 12.9. The summed E-state index contributed by atoms with van der Waals surface area (Å²) in [5, 5.41) is 3.44. The van der Waals surface area contributed by atoms with Crippen LogP contribution in [-0.2, 0) is 14.3 Å². The van der Waals surface area contributed by atoms with Crippen molar-refractivity contribution in [3.05, 3.63) is 35.5 Å². The Bertz CT molecular complexity index is 1040. The Labute approximate surface area is 167 Å². The fraction of sp³-hybridized carbons (Fsp3) is 0.429. The smallest absolute Gasteiger partial charge is 0.326 e. The third kappa shape index (κ3) is 3.18. The van der Waals surface area contributed by atoms with E-state index in [9.17, 15) is 19.2 Å². The van der Waals surface area contributed by atoms with Crippen molar-refractivity contribution in [1.29, 1.82) is 0 Å². The van der Waals surface area contributed by atoms with Crippen molar-refractivity contribution in [1.82, 2.24) is 15.2 Å². The van der Waals surface area contributed by atoms with Gasteiger partial charge in [-0.3, -0.25) is 19.3 Å². The van der Waals surface area contributed by atoms with Crippen molar-refractivity contribution in [2.75, 3.05) is 6.54 Å². The van der Waals surface area contributed by atoms with Gasteiger partial charge in [0.1, 0.15) is 12.1 Å². The first-order chi connectivity index (χ1) is 13.7. The predicted molar refractivity (Wildman–Crippen MR) is 104 cm³/mol. The molecule has 1 aromatic heterocycles. The van der Waals surface area contributed by atoms with E-state index in [1.165, 1.54) is 6.92 Å². The fourth-order valence-electron chi connectivity index (χ4n) is 4.01. The molecule has 0 bridgehead atoms. The number of esters is 1. The van der Waals surface area contributed by atoms with E-state index in [1.807, 2.05) is 24.3 Å². The number of H-pyrrole nitrogens is 1. The Kier molecular flexibility index (Phi) is 4.44.